The first kappa shape index (κ1) is 17.4. The maximum Gasteiger partial charge on any atom is 0.241 e. The summed E-state index contributed by atoms with van der Waals surface area (Å²) in [6, 6.07) is 0.271. The summed E-state index contributed by atoms with van der Waals surface area (Å²) in [6.07, 6.45) is 5.87. The fourth-order valence-electron chi connectivity index (χ4n) is 2.50. The van der Waals surface area contributed by atoms with E-state index in [-0.39, 0.29) is 24.4 Å². The number of rotatable bonds is 8. The van der Waals surface area contributed by atoms with Gasteiger partial charge in [0.25, 0.3) is 0 Å². The molecule has 1 aromatic rings. The average Bonchev–Trinajstić information content (AvgIpc) is 3.10. The Morgan fingerprint density at radius 1 is 1.43 bits per heavy atom. The van der Waals surface area contributed by atoms with Crippen molar-refractivity contribution in [1.82, 2.24) is 25.3 Å². The lowest BCUT2D eigenvalue weighted by Gasteiger charge is -2.10. The lowest BCUT2D eigenvalue weighted by atomic mass is 10.1. The van der Waals surface area contributed by atoms with Crippen LogP contribution in [0.25, 0.3) is 0 Å². The van der Waals surface area contributed by atoms with Crippen molar-refractivity contribution >= 4 is 17.5 Å². The van der Waals surface area contributed by atoms with Gasteiger partial charge < -0.3 is 20.9 Å². The maximum absolute atomic E-state index is 11.9. The van der Waals surface area contributed by atoms with E-state index >= 15 is 0 Å². The molecule has 0 spiro atoms. The molecule has 2 rings (SSSR count). The highest BCUT2D eigenvalue weighted by Gasteiger charge is 2.18. The van der Waals surface area contributed by atoms with E-state index in [2.05, 4.69) is 21.0 Å². The lowest BCUT2D eigenvalue weighted by Crippen LogP contribution is -2.33. The van der Waals surface area contributed by atoms with Crippen molar-refractivity contribution in [2.45, 2.75) is 31.8 Å². The van der Waals surface area contributed by atoms with Crippen LogP contribution in [0.4, 0.5) is 5.69 Å². The molecule has 1 unspecified atom stereocenters. The minimum absolute atomic E-state index is 0.0283. The molecule has 1 aliphatic heterocycles. The lowest BCUT2D eigenvalue weighted by molar-refractivity contribution is -0.121. The molecule has 1 aliphatic rings. The molecule has 0 radical (unpaired) electrons. The zero-order valence-electron chi connectivity index (χ0n) is 13.8. The second-order valence-corrected chi connectivity index (χ2v) is 6.13. The van der Waals surface area contributed by atoms with Crippen LogP contribution in [0.3, 0.4) is 0 Å². The molecule has 1 aromatic heterocycles. The summed E-state index contributed by atoms with van der Waals surface area (Å²) in [4.78, 5) is 25.7. The number of hydrogen-bond donors (Lipinski definition) is 3. The summed E-state index contributed by atoms with van der Waals surface area (Å²) in [6.45, 7) is 2.53. The Bertz CT molecular complexity index is 522. The van der Waals surface area contributed by atoms with Gasteiger partial charge in [0.05, 0.1) is 11.9 Å². The second kappa shape index (κ2) is 8.64. The third-order valence-corrected chi connectivity index (χ3v) is 3.70. The van der Waals surface area contributed by atoms with Gasteiger partial charge in [-0.05, 0) is 33.5 Å². The SMILES string of the molecule is CN(C)CCNC(=O)Cn1cc(NC(=O)CC2CCCN2)cn1. The van der Waals surface area contributed by atoms with Gasteiger partial charge in [-0.25, -0.2) is 0 Å². The van der Waals surface area contributed by atoms with Gasteiger partial charge >= 0.3 is 0 Å². The number of nitrogens with one attached hydrogen (secondary N) is 3. The minimum Gasteiger partial charge on any atom is -0.353 e. The molecule has 8 heteroatoms. The maximum atomic E-state index is 11.9. The van der Waals surface area contributed by atoms with E-state index in [4.69, 9.17) is 0 Å². The van der Waals surface area contributed by atoms with Gasteiger partial charge in [-0.15, -0.1) is 0 Å². The highest BCUT2D eigenvalue weighted by molar-refractivity contribution is 5.90. The van der Waals surface area contributed by atoms with E-state index in [0.717, 1.165) is 25.9 Å². The number of hydrogen-bond acceptors (Lipinski definition) is 5. The van der Waals surface area contributed by atoms with Crippen LogP contribution in [0, 0.1) is 0 Å². The molecule has 8 nitrogen and oxygen atoms in total. The van der Waals surface area contributed by atoms with Gasteiger partial charge in [-0.3, -0.25) is 14.3 Å². The van der Waals surface area contributed by atoms with Crippen molar-refractivity contribution < 1.29 is 9.59 Å². The fourth-order valence-corrected chi connectivity index (χ4v) is 2.50. The molecule has 3 N–H and O–H groups in total. The van der Waals surface area contributed by atoms with Crippen LogP contribution in [0.15, 0.2) is 12.4 Å². The normalized spacial score (nSPS) is 17.4. The third kappa shape index (κ3) is 6.37. The van der Waals surface area contributed by atoms with Gasteiger partial charge in [0.15, 0.2) is 0 Å². The molecule has 1 fully saturated rings. The Morgan fingerprint density at radius 2 is 2.26 bits per heavy atom. The standard InChI is InChI=1S/C15H26N6O2/c1-20(2)7-6-17-15(23)11-21-10-13(9-18-21)19-14(22)8-12-4-3-5-16-12/h9-10,12,16H,3-8,11H2,1-2H3,(H,17,23)(H,19,22). The van der Waals surface area contributed by atoms with Crippen molar-refractivity contribution in [2.24, 2.45) is 0 Å². The molecule has 0 aliphatic carbocycles. The highest BCUT2D eigenvalue weighted by atomic mass is 16.2. The second-order valence-electron chi connectivity index (χ2n) is 6.13. The predicted molar refractivity (Wildman–Crippen MR) is 88.1 cm³/mol. The summed E-state index contributed by atoms with van der Waals surface area (Å²) in [5.41, 5.74) is 0.620. The van der Waals surface area contributed by atoms with Crippen molar-refractivity contribution in [2.75, 3.05) is 39.0 Å². The van der Waals surface area contributed by atoms with Crippen LogP contribution in [0.2, 0.25) is 0 Å². The molecule has 0 saturated carbocycles. The summed E-state index contributed by atoms with van der Waals surface area (Å²) in [5.74, 6) is -0.123. The number of amides is 2. The molecule has 0 aromatic carbocycles. The Hall–Kier alpha value is -1.93. The van der Waals surface area contributed by atoms with Crippen LogP contribution < -0.4 is 16.0 Å². The topological polar surface area (TPSA) is 91.3 Å². The first-order valence-corrected chi connectivity index (χ1v) is 8.00. The summed E-state index contributed by atoms with van der Waals surface area (Å²) in [7, 11) is 3.91. The summed E-state index contributed by atoms with van der Waals surface area (Å²) < 4.78 is 1.52. The zero-order chi connectivity index (χ0) is 16.7. The van der Waals surface area contributed by atoms with Crippen molar-refractivity contribution in [3.8, 4) is 0 Å². The van der Waals surface area contributed by atoms with Gasteiger partial charge in [-0.1, -0.05) is 0 Å². The van der Waals surface area contributed by atoms with Crippen LogP contribution in [0.1, 0.15) is 19.3 Å². The first-order chi connectivity index (χ1) is 11.0. The van der Waals surface area contributed by atoms with E-state index in [9.17, 15) is 9.59 Å². The molecule has 1 atom stereocenters. The van der Waals surface area contributed by atoms with Crippen LogP contribution >= 0.6 is 0 Å². The van der Waals surface area contributed by atoms with Gasteiger partial charge in [0.1, 0.15) is 6.54 Å². The molecular weight excluding hydrogens is 296 g/mol. The molecule has 23 heavy (non-hydrogen) atoms. The quantitative estimate of drug-likeness (QED) is 0.608. The number of nitrogens with zero attached hydrogens (tertiary/aromatic N) is 3. The van der Waals surface area contributed by atoms with Crippen molar-refractivity contribution in [3.05, 3.63) is 12.4 Å². The largest absolute Gasteiger partial charge is 0.353 e. The van der Waals surface area contributed by atoms with Crippen LogP contribution in [-0.4, -0.2) is 66.3 Å². The smallest absolute Gasteiger partial charge is 0.241 e. The monoisotopic (exact) mass is 322 g/mol. The molecule has 1 saturated heterocycles. The fraction of sp³-hybridized carbons (Fsp3) is 0.667. The number of carbonyl (C=O) groups excluding carboxylic acids is 2. The molecular formula is C15H26N6O2. The van der Waals surface area contributed by atoms with E-state index in [1.54, 1.807) is 12.4 Å². The predicted octanol–water partition coefficient (Wildman–Crippen LogP) is -0.358. The molecule has 2 heterocycles. The van der Waals surface area contributed by atoms with Crippen LogP contribution in [0.5, 0.6) is 0 Å². The number of aromatic nitrogens is 2. The third-order valence-electron chi connectivity index (χ3n) is 3.70. The first-order valence-electron chi connectivity index (χ1n) is 8.00. The Balaban J connectivity index is 1.71. The summed E-state index contributed by atoms with van der Waals surface area (Å²) >= 11 is 0. The van der Waals surface area contributed by atoms with Gasteiger partial charge in [0, 0.05) is 31.7 Å². The van der Waals surface area contributed by atoms with Gasteiger partial charge in [0.2, 0.25) is 11.8 Å². The number of anilines is 1. The van der Waals surface area contributed by atoms with E-state index in [1.807, 2.05) is 19.0 Å². The average molecular weight is 322 g/mol. The van der Waals surface area contributed by atoms with Crippen molar-refractivity contribution in [3.63, 3.8) is 0 Å². The molecule has 0 bridgehead atoms. The number of likely N-dealkylation sites (N-methyl/N-ethyl adjacent to an activating group) is 1. The Labute approximate surface area is 136 Å². The van der Waals surface area contributed by atoms with Crippen molar-refractivity contribution in [1.29, 1.82) is 0 Å². The van der Waals surface area contributed by atoms with E-state index < -0.39 is 0 Å². The molecule has 128 valence electrons. The highest BCUT2D eigenvalue weighted by Crippen LogP contribution is 2.11. The minimum atomic E-state index is -0.0945. The van der Waals surface area contributed by atoms with E-state index in [1.165, 1.54) is 4.68 Å². The van der Waals surface area contributed by atoms with Gasteiger partial charge in [-0.2, -0.15) is 5.10 Å². The van der Waals surface area contributed by atoms with Crippen LogP contribution in [-0.2, 0) is 16.1 Å². The van der Waals surface area contributed by atoms with E-state index in [0.29, 0.717) is 18.7 Å². The zero-order valence-corrected chi connectivity index (χ0v) is 13.8. The Kier molecular flexibility index (Phi) is 6.54. The molecule has 2 amide bonds. The summed E-state index contributed by atoms with van der Waals surface area (Å²) in [5, 5.41) is 13.0. The number of carbonyl (C=O) groups is 2. The Morgan fingerprint density at radius 3 is 2.96 bits per heavy atom.